The zero-order valence-corrected chi connectivity index (χ0v) is 13.0. The molecule has 7 heteroatoms. The van der Waals surface area contributed by atoms with Gasteiger partial charge in [0, 0.05) is 20.1 Å². The number of hydrogen-bond donors (Lipinski definition) is 1. The van der Waals surface area contributed by atoms with E-state index in [4.69, 9.17) is 4.74 Å². The number of aromatic nitrogens is 3. The van der Waals surface area contributed by atoms with Crippen LogP contribution in [0, 0.1) is 6.92 Å². The molecule has 116 valence electrons. The smallest absolute Gasteiger partial charge is 0.324 e. The van der Waals surface area contributed by atoms with E-state index in [0.29, 0.717) is 19.0 Å². The Morgan fingerprint density at radius 1 is 1.36 bits per heavy atom. The second-order valence-corrected chi connectivity index (χ2v) is 5.34. The van der Waals surface area contributed by atoms with E-state index in [0.717, 1.165) is 23.6 Å². The largest absolute Gasteiger partial charge is 0.497 e. The van der Waals surface area contributed by atoms with Crippen molar-refractivity contribution in [1.29, 1.82) is 0 Å². The number of nitrogens with zero attached hydrogens (tertiary/aromatic N) is 4. The van der Waals surface area contributed by atoms with Crippen LogP contribution in [-0.2, 0) is 20.0 Å². The summed E-state index contributed by atoms with van der Waals surface area (Å²) < 4.78 is 6.87. The van der Waals surface area contributed by atoms with Gasteiger partial charge in [0.05, 0.1) is 7.11 Å². The van der Waals surface area contributed by atoms with Gasteiger partial charge in [-0.15, -0.1) is 5.10 Å². The number of hydrogen-bond acceptors (Lipinski definition) is 4. The summed E-state index contributed by atoms with van der Waals surface area (Å²) in [6.45, 7) is 3.09. The van der Waals surface area contributed by atoms with Crippen LogP contribution in [0.5, 0.6) is 5.75 Å². The van der Waals surface area contributed by atoms with Gasteiger partial charge in [-0.05, 0) is 36.6 Å². The lowest BCUT2D eigenvalue weighted by molar-refractivity contribution is 0.206. The molecule has 22 heavy (non-hydrogen) atoms. The molecule has 1 aromatic carbocycles. The summed E-state index contributed by atoms with van der Waals surface area (Å²) in [4.78, 5) is 18.3. The van der Waals surface area contributed by atoms with Gasteiger partial charge in [0.25, 0.3) is 0 Å². The molecule has 2 aromatic rings. The SMILES string of the molecule is COc1ccc2c(c1)CCN(C(=O)Nc1nc(C)n(C)n1)C2. The molecule has 0 bridgehead atoms. The Hall–Kier alpha value is -2.57. The molecule has 0 aliphatic carbocycles. The molecule has 2 amide bonds. The number of amides is 2. The van der Waals surface area contributed by atoms with Crippen LogP contribution in [0.25, 0.3) is 0 Å². The van der Waals surface area contributed by atoms with Crippen LogP contribution in [-0.4, -0.2) is 39.4 Å². The number of aryl methyl sites for hydroxylation is 2. The molecule has 1 N–H and O–H groups in total. The molecular weight excluding hydrogens is 282 g/mol. The van der Waals surface area contributed by atoms with Crippen molar-refractivity contribution in [2.24, 2.45) is 7.05 Å². The second kappa shape index (κ2) is 5.67. The van der Waals surface area contributed by atoms with Crippen LogP contribution in [0.4, 0.5) is 10.7 Å². The molecule has 0 saturated carbocycles. The highest BCUT2D eigenvalue weighted by Crippen LogP contribution is 2.24. The van der Waals surface area contributed by atoms with Crippen molar-refractivity contribution in [3.63, 3.8) is 0 Å². The minimum Gasteiger partial charge on any atom is -0.497 e. The Bertz CT molecular complexity index is 690. The molecule has 0 spiro atoms. The lowest BCUT2D eigenvalue weighted by Crippen LogP contribution is -2.39. The number of carbonyl (C=O) groups is 1. The Morgan fingerprint density at radius 3 is 2.86 bits per heavy atom. The summed E-state index contributed by atoms with van der Waals surface area (Å²) in [6, 6.07) is 5.79. The van der Waals surface area contributed by atoms with Gasteiger partial charge in [0.15, 0.2) is 0 Å². The van der Waals surface area contributed by atoms with Gasteiger partial charge in [-0.25, -0.2) is 4.79 Å². The summed E-state index contributed by atoms with van der Waals surface area (Å²) in [5.74, 6) is 1.95. The highest BCUT2D eigenvalue weighted by molar-refractivity contribution is 5.87. The van der Waals surface area contributed by atoms with Crippen molar-refractivity contribution >= 4 is 12.0 Å². The summed E-state index contributed by atoms with van der Waals surface area (Å²) >= 11 is 0. The average molecular weight is 301 g/mol. The van der Waals surface area contributed by atoms with Gasteiger partial charge in [-0.1, -0.05) is 6.07 Å². The maximum absolute atomic E-state index is 12.3. The maximum Gasteiger partial charge on any atom is 0.324 e. The number of rotatable bonds is 2. The van der Waals surface area contributed by atoms with Gasteiger partial charge in [0.2, 0.25) is 5.95 Å². The lowest BCUT2D eigenvalue weighted by atomic mass is 10.00. The molecule has 0 fully saturated rings. The number of nitrogens with one attached hydrogen (secondary N) is 1. The van der Waals surface area contributed by atoms with E-state index in [9.17, 15) is 4.79 Å². The number of ether oxygens (including phenoxy) is 1. The zero-order chi connectivity index (χ0) is 15.7. The first kappa shape index (κ1) is 14.4. The second-order valence-electron chi connectivity index (χ2n) is 5.34. The Morgan fingerprint density at radius 2 is 2.18 bits per heavy atom. The van der Waals surface area contributed by atoms with Gasteiger partial charge in [-0.3, -0.25) is 10.00 Å². The van der Waals surface area contributed by atoms with Crippen LogP contribution in [0.3, 0.4) is 0 Å². The normalized spacial score (nSPS) is 13.7. The van der Waals surface area contributed by atoms with Crippen LogP contribution in [0.1, 0.15) is 17.0 Å². The first-order valence-electron chi connectivity index (χ1n) is 7.16. The van der Waals surface area contributed by atoms with E-state index >= 15 is 0 Å². The minimum atomic E-state index is -0.174. The third-order valence-electron chi connectivity index (χ3n) is 3.91. The highest BCUT2D eigenvalue weighted by atomic mass is 16.5. The topological polar surface area (TPSA) is 72.3 Å². The molecule has 1 aliphatic rings. The van der Waals surface area contributed by atoms with Crippen molar-refractivity contribution in [3.05, 3.63) is 35.2 Å². The van der Waals surface area contributed by atoms with E-state index in [1.165, 1.54) is 5.56 Å². The molecule has 0 saturated heterocycles. The third kappa shape index (κ3) is 2.74. The molecule has 1 aliphatic heterocycles. The molecule has 0 unspecified atom stereocenters. The van der Waals surface area contributed by atoms with Crippen molar-refractivity contribution in [2.75, 3.05) is 19.0 Å². The number of carbonyl (C=O) groups excluding carboxylic acids is 1. The Labute approximate surface area is 128 Å². The van der Waals surface area contributed by atoms with E-state index in [2.05, 4.69) is 15.4 Å². The van der Waals surface area contributed by atoms with E-state index in [1.54, 1.807) is 23.7 Å². The van der Waals surface area contributed by atoms with E-state index in [-0.39, 0.29) is 6.03 Å². The number of urea groups is 1. The standard InChI is InChI=1S/C15H19N5O2/c1-10-16-14(18-19(10)2)17-15(21)20-7-6-11-8-13(22-3)5-4-12(11)9-20/h4-5,8H,6-7,9H2,1-3H3,(H,17,18,21). The quantitative estimate of drug-likeness (QED) is 0.917. The van der Waals surface area contributed by atoms with Gasteiger partial charge in [-0.2, -0.15) is 4.98 Å². The number of anilines is 1. The van der Waals surface area contributed by atoms with Crippen LogP contribution >= 0.6 is 0 Å². The summed E-state index contributed by atoms with van der Waals surface area (Å²) in [6.07, 6.45) is 0.814. The molecular formula is C15H19N5O2. The van der Waals surface area contributed by atoms with Gasteiger partial charge < -0.3 is 9.64 Å². The summed E-state index contributed by atoms with van der Waals surface area (Å²) in [7, 11) is 3.45. The van der Waals surface area contributed by atoms with E-state index < -0.39 is 0 Å². The highest BCUT2D eigenvalue weighted by Gasteiger charge is 2.22. The number of benzene rings is 1. The number of fused-ring (bicyclic) bond motifs is 1. The summed E-state index contributed by atoms with van der Waals surface area (Å²) in [5, 5.41) is 6.89. The van der Waals surface area contributed by atoms with Gasteiger partial charge in [0.1, 0.15) is 11.6 Å². The predicted octanol–water partition coefficient (Wildman–Crippen LogP) is 1.72. The molecule has 2 heterocycles. The third-order valence-corrected chi connectivity index (χ3v) is 3.91. The van der Waals surface area contributed by atoms with Crippen molar-refractivity contribution in [1.82, 2.24) is 19.7 Å². The van der Waals surface area contributed by atoms with Crippen LogP contribution < -0.4 is 10.1 Å². The average Bonchev–Trinajstić information content (AvgIpc) is 2.84. The van der Waals surface area contributed by atoms with Crippen LogP contribution in [0.2, 0.25) is 0 Å². The fraction of sp³-hybridized carbons (Fsp3) is 0.400. The predicted molar refractivity (Wildman–Crippen MR) is 81.9 cm³/mol. The lowest BCUT2D eigenvalue weighted by Gasteiger charge is -2.28. The first-order valence-corrected chi connectivity index (χ1v) is 7.16. The van der Waals surface area contributed by atoms with Gasteiger partial charge >= 0.3 is 6.03 Å². The molecule has 0 radical (unpaired) electrons. The fourth-order valence-corrected chi connectivity index (χ4v) is 2.52. The van der Waals surface area contributed by atoms with Crippen molar-refractivity contribution in [3.8, 4) is 5.75 Å². The zero-order valence-electron chi connectivity index (χ0n) is 13.0. The molecule has 7 nitrogen and oxygen atoms in total. The minimum absolute atomic E-state index is 0.174. The molecule has 0 atom stereocenters. The Balaban J connectivity index is 1.69. The van der Waals surface area contributed by atoms with Crippen molar-refractivity contribution in [2.45, 2.75) is 19.9 Å². The van der Waals surface area contributed by atoms with Crippen molar-refractivity contribution < 1.29 is 9.53 Å². The Kier molecular flexibility index (Phi) is 3.70. The fourth-order valence-electron chi connectivity index (χ4n) is 2.52. The molecule has 1 aromatic heterocycles. The molecule has 3 rings (SSSR count). The maximum atomic E-state index is 12.3. The number of methoxy groups -OCH3 is 1. The van der Waals surface area contributed by atoms with E-state index in [1.807, 2.05) is 25.1 Å². The first-order chi connectivity index (χ1) is 10.6. The summed E-state index contributed by atoms with van der Waals surface area (Å²) in [5.41, 5.74) is 2.38. The van der Waals surface area contributed by atoms with Crippen LogP contribution in [0.15, 0.2) is 18.2 Å². The monoisotopic (exact) mass is 301 g/mol.